The summed E-state index contributed by atoms with van der Waals surface area (Å²) in [5.41, 5.74) is 1.88. The standard InChI is InChI=1S/C15H15N5O3S/c21-20(22)14-13(17-15-19(14)7-10-24-15)16-11-1-3-12(4-2-11)18-5-8-23-9-6-18/h1-4,7,10,16H,5-6,8-9H2. The molecule has 3 heterocycles. The maximum atomic E-state index is 11.3. The van der Waals surface area contributed by atoms with Gasteiger partial charge in [-0.1, -0.05) is 11.3 Å². The molecule has 0 unspecified atom stereocenters. The van der Waals surface area contributed by atoms with Gasteiger partial charge >= 0.3 is 5.82 Å². The second-order valence-electron chi connectivity index (χ2n) is 5.37. The van der Waals surface area contributed by atoms with Crippen LogP contribution in [-0.2, 0) is 4.74 Å². The molecule has 1 N–H and O–H groups in total. The van der Waals surface area contributed by atoms with E-state index in [0.29, 0.717) is 4.96 Å². The molecule has 1 fully saturated rings. The number of hydrogen-bond donors (Lipinski definition) is 1. The first-order valence-electron chi connectivity index (χ1n) is 7.52. The van der Waals surface area contributed by atoms with Crippen LogP contribution in [0.15, 0.2) is 35.8 Å². The lowest BCUT2D eigenvalue weighted by atomic mass is 10.2. The van der Waals surface area contributed by atoms with E-state index >= 15 is 0 Å². The SMILES string of the molecule is O=[N+]([O-])c1c(Nc2ccc(N3CCOCC3)cc2)nc2sccn12. The summed E-state index contributed by atoms with van der Waals surface area (Å²) in [7, 11) is 0. The number of anilines is 3. The number of fused-ring (bicyclic) bond motifs is 1. The molecule has 0 amide bonds. The molecule has 24 heavy (non-hydrogen) atoms. The number of morpholine rings is 1. The number of nitrogens with one attached hydrogen (secondary N) is 1. The number of nitrogens with zero attached hydrogens (tertiary/aromatic N) is 4. The molecule has 0 atom stereocenters. The van der Waals surface area contributed by atoms with Gasteiger partial charge in [-0.2, -0.15) is 9.38 Å². The highest BCUT2D eigenvalue weighted by atomic mass is 32.1. The summed E-state index contributed by atoms with van der Waals surface area (Å²) in [5.74, 6) is 0.203. The second kappa shape index (κ2) is 6.10. The summed E-state index contributed by atoms with van der Waals surface area (Å²) in [6, 6.07) is 7.81. The van der Waals surface area contributed by atoms with Crippen LogP contribution in [-0.4, -0.2) is 40.6 Å². The van der Waals surface area contributed by atoms with Gasteiger partial charge in [-0.3, -0.25) is 0 Å². The van der Waals surface area contributed by atoms with Crippen molar-refractivity contribution < 1.29 is 9.66 Å². The molecular weight excluding hydrogens is 330 g/mol. The molecule has 0 spiro atoms. The molecule has 2 aromatic heterocycles. The minimum atomic E-state index is -0.419. The topological polar surface area (TPSA) is 84.9 Å². The number of nitro groups is 1. The highest BCUT2D eigenvalue weighted by molar-refractivity contribution is 7.15. The lowest BCUT2D eigenvalue weighted by molar-refractivity contribution is -0.389. The van der Waals surface area contributed by atoms with Gasteiger partial charge in [0.2, 0.25) is 5.82 Å². The lowest BCUT2D eigenvalue weighted by Gasteiger charge is -2.28. The van der Waals surface area contributed by atoms with Crippen LogP contribution in [0.5, 0.6) is 0 Å². The Morgan fingerprint density at radius 2 is 2.00 bits per heavy atom. The molecule has 124 valence electrons. The van der Waals surface area contributed by atoms with Crippen LogP contribution in [0.4, 0.5) is 23.0 Å². The first-order valence-corrected chi connectivity index (χ1v) is 8.40. The van der Waals surface area contributed by atoms with E-state index in [1.54, 1.807) is 11.6 Å². The Morgan fingerprint density at radius 1 is 1.25 bits per heavy atom. The predicted molar refractivity (Wildman–Crippen MR) is 92.5 cm³/mol. The van der Waals surface area contributed by atoms with Gasteiger partial charge in [-0.05, 0) is 29.2 Å². The van der Waals surface area contributed by atoms with E-state index < -0.39 is 4.92 Å². The molecule has 1 aromatic carbocycles. The van der Waals surface area contributed by atoms with E-state index in [4.69, 9.17) is 4.74 Å². The van der Waals surface area contributed by atoms with Gasteiger partial charge < -0.3 is 25.1 Å². The van der Waals surface area contributed by atoms with E-state index in [2.05, 4.69) is 15.2 Å². The van der Waals surface area contributed by atoms with Gasteiger partial charge in [0, 0.05) is 29.8 Å². The fourth-order valence-corrected chi connectivity index (χ4v) is 3.46. The van der Waals surface area contributed by atoms with Gasteiger partial charge in [0.25, 0.3) is 4.96 Å². The third kappa shape index (κ3) is 2.68. The summed E-state index contributed by atoms with van der Waals surface area (Å²) < 4.78 is 6.83. The molecule has 3 aromatic rings. The lowest BCUT2D eigenvalue weighted by Crippen LogP contribution is -2.36. The first-order chi connectivity index (χ1) is 11.7. The fraction of sp³-hybridized carbons (Fsp3) is 0.267. The molecule has 1 aliphatic heterocycles. The Kier molecular flexibility index (Phi) is 3.79. The Balaban J connectivity index is 1.58. The minimum Gasteiger partial charge on any atom is -0.378 e. The van der Waals surface area contributed by atoms with Gasteiger partial charge in [0.15, 0.2) is 0 Å². The van der Waals surface area contributed by atoms with Crippen LogP contribution in [0.25, 0.3) is 4.96 Å². The molecule has 1 aliphatic rings. The predicted octanol–water partition coefficient (Wildman–Crippen LogP) is 2.88. The summed E-state index contributed by atoms with van der Waals surface area (Å²) >= 11 is 1.36. The van der Waals surface area contributed by atoms with Crippen molar-refractivity contribution >= 4 is 39.3 Å². The molecule has 4 rings (SSSR count). The number of hydrogen-bond acceptors (Lipinski definition) is 7. The third-order valence-corrected chi connectivity index (χ3v) is 4.67. The van der Waals surface area contributed by atoms with Crippen LogP contribution in [0, 0.1) is 10.1 Å². The number of imidazole rings is 1. The Hall–Kier alpha value is -2.65. The van der Waals surface area contributed by atoms with Crippen molar-refractivity contribution in [2.75, 3.05) is 36.5 Å². The number of aromatic nitrogens is 2. The largest absolute Gasteiger partial charge is 0.378 e. The van der Waals surface area contributed by atoms with Crippen molar-refractivity contribution in [3.8, 4) is 0 Å². The van der Waals surface area contributed by atoms with Crippen molar-refractivity contribution in [3.05, 3.63) is 46.0 Å². The number of benzene rings is 1. The van der Waals surface area contributed by atoms with E-state index in [0.717, 1.165) is 37.7 Å². The van der Waals surface area contributed by atoms with E-state index in [9.17, 15) is 10.1 Å². The molecule has 9 heteroatoms. The summed E-state index contributed by atoms with van der Waals surface area (Å²) in [6.45, 7) is 3.21. The van der Waals surface area contributed by atoms with E-state index in [-0.39, 0.29) is 11.6 Å². The van der Waals surface area contributed by atoms with Gasteiger partial charge in [-0.15, -0.1) is 0 Å². The molecule has 1 saturated heterocycles. The molecule has 8 nitrogen and oxygen atoms in total. The summed E-state index contributed by atoms with van der Waals surface area (Å²) in [5, 5.41) is 16.2. The van der Waals surface area contributed by atoms with Crippen LogP contribution in [0.2, 0.25) is 0 Å². The van der Waals surface area contributed by atoms with Crippen molar-refractivity contribution in [2.24, 2.45) is 0 Å². The first kappa shape index (κ1) is 14.9. The normalized spacial score (nSPS) is 14.9. The van der Waals surface area contributed by atoms with Crippen LogP contribution in [0.1, 0.15) is 0 Å². The van der Waals surface area contributed by atoms with Crippen LogP contribution in [0.3, 0.4) is 0 Å². The van der Waals surface area contributed by atoms with E-state index in [1.807, 2.05) is 24.3 Å². The Morgan fingerprint density at radius 3 is 2.71 bits per heavy atom. The van der Waals surface area contributed by atoms with Gasteiger partial charge in [0.1, 0.15) is 6.20 Å². The van der Waals surface area contributed by atoms with Crippen molar-refractivity contribution in [3.63, 3.8) is 0 Å². The second-order valence-corrected chi connectivity index (χ2v) is 6.24. The third-order valence-electron chi connectivity index (χ3n) is 3.92. The highest BCUT2D eigenvalue weighted by Gasteiger charge is 2.23. The molecule has 0 radical (unpaired) electrons. The average Bonchev–Trinajstić information content (AvgIpc) is 3.16. The zero-order chi connectivity index (χ0) is 16.5. The van der Waals surface area contributed by atoms with Crippen molar-refractivity contribution in [1.82, 2.24) is 9.38 Å². The quantitative estimate of drug-likeness (QED) is 0.578. The van der Waals surface area contributed by atoms with E-state index in [1.165, 1.54) is 15.7 Å². The van der Waals surface area contributed by atoms with Crippen molar-refractivity contribution in [2.45, 2.75) is 0 Å². The highest BCUT2D eigenvalue weighted by Crippen LogP contribution is 2.31. The van der Waals surface area contributed by atoms with Gasteiger partial charge in [-0.25, -0.2) is 0 Å². The number of thiazole rings is 1. The minimum absolute atomic E-state index is 0.0523. The number of ether oxygens (including phenoxy) is 1. The van der Waals surface area contributed by atoms with Gasteiger partial charge in [0.05, 0.1) is 13.2 Å². The molecule has 0 aliphatic carbocycles. The fourth-order valence-electron chi connectivity index (χ4n) is 2.75. The smallest absolute Gasteiger partial charge is 0.373 e. The average molecular weight is 345 g/mol. The van der Waals surface area contributed by atoms with Crippen LogP contribution < -0.4 is 10.2 Å². The molecular formula is C15H15N5O3S. The maximum absolute atomic E-state index is 11.3. The summed E-state index contributed by atoms with van der Waals surface area (Å²) in [4.78, 5) is 18.1. The maximum Gasteiger partial charge on any atom is 0.373 e. The summed E-state index contributed by atoms with van der Waals surface area (Å²) in [6.07, 6.45) is 1.65. The zero-order valence-corrected chi connectivity index (χ0v) is 13.5. The van der Waals surface area contributed by atoms with Crippen LogP contribution >= 0.6 is 11.3 Å². The number of rotatable bonds is 4. The Labute approximate surface area is 141 Å². The molecule has 0 saturated carbocycles. The molecule has 0 bridgehead atoms. The van der Waals surface area contributed by atoms with Crippen molar-refractivity contribution in [1.29, 1.82) is 0 Å². The Bertz CT molecular complexity index is 867. The monoisotopic (exact) mass is 345 g/mol. The zero-order valence-electron chi connectivity index (χ0n) is 12.7.